The molecule has 0 aliphatic heterocycles. The zero-order chi connectivity index (χ0) is 14.1. The molecule has 20 heavy (non-hydrogen) atoms. The normalized spacial score (nSPS) is 10.8. The Kier molecular flexibility index (Phi) is 3.11. The van der Waals surface area contributed by atoms with E-state index in [1.165, 1.54) is 24.2 Å². The highest BCUT2D eigenvalue weighted by molar-refractivity contribution is 7.99. The number of hydrogen-bond donors (Lipinski definition) is 1. The monoisotopic (exact) mass is 286 g/mol. The third kappa shape index (κ3) is 2.23. The molecule has 0 atom stereocenters. The van der Waals surface area contributed by atoms with E-state index in [0.717, 1.165) is 16.2 Å². The highest BCUT2D eigenvalue weighted by atomic mass is 32.2. The van der Waals surface area contributed by atoms with E-state index in [4.69, 9.17) is 0 Å². The molecule has 0 aromatic carbocycles. The molecule has 0 saturated carbocycles. The maximum absolute atomic E-state index is 11.2. The quantitative estimate of drug-likeness (QED) is 0.795. The van der Waals surface area contributed by atoms with E-state index in [2.05, 4.69) is 15.1 Å². The van der Waals surface area contributed by atoms with Gasteiger partial charge in [-0.1, -0.05) is 0 Å². The second-order valence-electron chi connectivity index (χ2n) is 4.16. The van der Waals surface area contributed by atoms with Crippen LogP contribution < -0.4 is 0 Å². The zero-order valence-electron chi connectivity index (χ0n) is 10.5. The van der Waals surface area contributed by atoms with Crippen LogP contribution in [0.5, 0.6) is 0 Å². The summed E-state index contributed by atoms with van der Waals surface area (Å²) in [5.74, 6) is -0.997. The van der Waals surface area contributed by atoms with Crippen molar-refractivity contribution in [1.29, 1.82) is 0 Å². The van der Waals surface area contributed by atoms with Gasteiger partial charge in [0.05, 0.1) is 5.56 Å². The van der Waals surface area contributed by atoms with E-state index >= 15 is 0 Å². The fourth-order valence-corrected chi connectivity index (χ4v) is 2.88. The molecule has 0 amide bonds. The molecule has 0 aliphatic rings. The fourth-order valence-electron chi connectivity index (χ4n) is 1.83. The smallest absolute Gasteiger partial charge is 0.338 e. The average Bonchev–Trinajstić information content (AvgIpc) is 2.87. The highest BCUT2D eigenvalue weighted by Gasteiger charge is 2.14. The topological polar surface area (TPSA) is 80.4 Å². The maximum Gasteiger partial charge on any atom is 0.338 e. The summed E-state index contributed by atoms with van der Waals surface area (Å²) in [5.41, 5.74) is 1.92. The first-order chi connectivity index (χ1) is 9.65. The molecule has 6 nitrogen and oxygen atoms in total. The maximum atomic E-state index is 11.2. The van der Waals surface area contributed by atoms with E-state index < -0.39 is 5.97 Å². The van der Waals surface area contributed by atoms with Crippen molar-refractivity contribution in [3.05, 3.63) is 47.9 Å². The molecule has 1 N–H and O–H groups in total. The Morgan fingerprint density at radius 3 is 3.00 bits per heavy atom. The average molecular weight is 286 g/mol. The summed E-state index contributed by atoms with van der Waals surface area (Å²) < 4.78 is 1.66. The highest BCUT2D eigenvalue weighted by Crippen LogP contribution is 2.29. The summed E-state index contributed by atoms with van der Waals surface area (Å²) in [6.45, 7) is 1.95. The van der Waals surface area contributed by atoms with Crippen LogP contribution in [-0.4, -0.2) is 30.7 Å². The van der Waals surface area contributed by atoms with Crippen LogP contribution in [0.1, 0.15) is 15.9 Å². The second-order valence-corrected chi connectivity index (χ2v) is 5.17. The Morgan fingerprint density at radius 1 is 1.35 bits per heavy atom. The van der Waals surface area contributed by atoms with Crippen molar-refractivity contribution in [2.24, 2.45) is 0 Å². The van der Waals surface area contributed by atoms with Crippen molar-refractivity contribution in [2.75, 3.05) is 0 Å². The molecule has 0 aliphatic carbocycles. The standard InChI is InChI=1S/C13H10N4O2S/c1-8-5-10-15-7-16-17(10)11(6-8)20-12-9(13(18)19)3-2-4-14-12/h2-7H,1H3,(H,18,19). The van der Waals surface area contributed by atoms with Crippen LogP contribution in [-0.2, 0) is 0 Å². The molecule has 0 bridgehead atoms. The van der Waals surface area contributed by atoms with Gasteiger partial charge in [-0.25, -0.2) is 19.3 Å². The molecule has 7 heteroatoms. The third-order valence-corrected chi connectivity index (χ3v) is 3.71. The van der Waals surface area contributed by atoms with Gasteiger partial charge in [-0.05, 0) is 48.5 Å². The van der Waals surface area contributed by atoms with Gasteiger partial charge in [0.2, 0.25) is 0 Å². The second kappa shape index (κ2) is 4.93. The number of fused-ring (bicyclic) bond motifs is 1. The number of carboxylic acid groups (broad SMARTS) is 1. The lowest BCUT2D eigenvalue weighted by Gasteiger charge is -2.07. The van der Waals surface area contributed by atoms with Crippen molar-refractivity contribution < 1.29 is 9.90 Å². The largest absolute Gasteiger partial charge is 0.478 e. The summed E-state index contributed by atoms with van der Waals surface area (Å²) >= 11 is 1.26. The molecule has 3 heterocycles. The Bertz CT molecular complexity index is 800. The van der Waals surface area contributed by atoms with E-state index in [-0.39, 0.29) is 5.56 Å². The van der Waals surface area contributed by atoms with E-state index in [0.29, 0.717) is 5.03 Å². The summed E-state index contributed by atoms with van der Waals surface area (Å²) in [6, 6.07) is 6.97. The van der Waals surface area contributed by atoms with Crippen LogP contribution in [0, 0.1) is 6.92 Å². The lowest BCUT2D eigenvalue weighted by Crippen LogP contribution is -2.01. The van der Waals surface area contributed by atoms with Gasteiger partial charge in [-0.3, -0.25) is 0 Å². The minimum absolute atomic E-state index is 0.173. The van der Waals surface area contributed by atoms with Crippen molar-refractivity contribution in [3.8, 4) is 0 Å². The molecule has 0 spiro atoms. The predicted molar refractivity (Wildman–Crippen MR) is 73.0 cm³/mol. The van der Waals surface area contributed by atoms with Gasteiger partial charge in [-0.15, -0.1) is 0 Å². The van der Waals surface area contributed by atoms with E-state index in [1.54, 1.807) is 16.8 Å². The summed E-state index contributed by atoms with van der Waals surface area (Å²) in [7, 11) is 0. The molecule has 3 aromatic heterocycles. The number of aromatic nitrogens is 4. The number of aryl methyl sites for hydroxylation is 1. The minimum atomic E-state index is -0.997. The third-order valence-electron chi connectivity index (χ3n) is 2.69. The Balaban J connectivity index is 2.10. The number of hydrogen-bond acceptors (Lipinski definition) is 5. The number of carboxylic acids is 1. The molecule has 0 fully saturated rings. The predicted octanol–water partition coefficient (Wildman–Crippen LogP) is 2.28. The van der Waals surface area contributed by atoms with Gasteiger partial charge in [-0.2, -0.15) is 5.10 Å². The van der Waals surface area contributed by atoms with Gasteiger partial charge in [0.15, 0.2) is 5.65 Å². The van der Waals surface area contributed by atoms with Gasteiger partial charge < -0.3 is 5.11 Å². The summed E-state index contributed by atoms with van der Waals surface area (Å²) in [4.78, 5) is 19.5. The molecule has 0 radical (unpaired) electrons. The van der Waals surface area contributed by atoms with Gasteiger partial charge in [0, 0.05) is 6.20 Å². The van der Waals surface area contributed by atoms with E-state index in [9.17, 15) is 9.90 Å². The molecule has 3 aromatic rings. The Morgan fingerprint density at radius 2 is 2.20 bits per heavy atom. The summed E-state index contributed by atoms with van der Waals surface area (Å²) in [5, 5.41) is 14.5. The van der Waals surface area contributed by atoms with Crippen molar-refractivity contribution in [3.63, 3.8) is 0 Å². The van der Waals surface area contributed by atoms with Crippen molar-refractivity contribution in [2.45, 2.75) is 17.0 Å². The van der Waals surface area contributed by atoms with Gasteiger partial charge >= 0.3 is 5.97 Å². The van der Waals surface area contributed by atoms with E-state index in [1.807, 2.05) is 19.1 Å². The zero-order valence-corrected chi connectivity index (χ0v) is 11.3. The fraction of sp³-hybridized carbons (Fsp3) is 0.0769. The van der Waals surface area contributed by atoms with Crippen molar-refractivity contribution >= 4 is 23.4 Å². The molecule has 0 unspecified atom stereocenters. The first kappa shape index (κ1) is 12.6. The van der Waals surface area contributed by atoms with Crippen LogP contribution in [0.25, 0.3) is 5.65 Å². The van der Waals surface area contributed by atoms with Crippen LogP contribution in [0.3, 0.4) is 0 Å². The SMILES string of the molecule is Cc1cc(Sc2ncccc2C(=O)O)n2ncnc2c1. The van der Waals surface area contributed by atoms with Gasteiger partial charge in [0.25, 0.3) is 0 Å². The van der Waals surface area contributed by atoms with Crippen LogP contribution in [0.2, 0.25) is 0 Å². The number of carbonyl (C=O) groups is 1. The number of rotatable bonds is 3. The lowest BCUT2D eigenvalue weighted by atomic mass is 10.3. The van der Waals surface area contributed by atoms with Gasteiger partial charge in [0.1, 0.15) is 16.4 Å². The molecular formula is C13H10N4O2S. The molecule has 3 rings (SSSR count). The number of pyridine rings is 2. The van der Waals surface area contributed by atoms with Crippen LogP contribution in [0.15, 0.2) is 46.8 Å². The Labute approximate surface area is 118 Å². The van der Waals surface area contributed by atoms with Crippen LogP contribution >= 0.6 is 11.8 Å². The number of aromatic carboxylic acids is 1. The number of nitrogens with zero attached hydrogens (tertiary/aromatic N) is 4. The molecule has 0 saturated heterocycles. The lowest BCUT2D eigenvalue weighted by molar-refractivity contribution is 0.0692. The summed E-state index contributed by atoms with van der Waals surface area (Å²) in [6.07, 6.45) is 3.04. The first-order valence-electron chi connectivity index (χ1n) is 5.82. The van der Waals surface area contributed by atoms with Crippen LogP contribution in [0.4, 0.5) is 0 Å². The molecule has 100 valence electrons. The Hall–Kier alpha value is -2.41. The first-order valence-corrected chi connectivity index (χ1v) is 6.63. The van der Waals surface area contributed by atoms with Crippen molar-refractivity contribution in [1.82, 2.24) is 19.6 Å². The molecular weight excluding hydrogens is 276 g/mol. The minimum Gasteiger partial charge on any atom is -0.478 e.